The van der Waals surface area contributed by atoms with Crippen molar-refractivity contribution in [2.45, 2.75) is 4.90 Å². The van der Waals surface area contributed by atoms with E-state index in [1.807, 2.05) is 0 Å². The fraction of sp³-hybridized carbons (Fsp3) is 0. The number of carboxylic acid groups (broad SMARTS) is 1. The normalized spacial score (nSPS) is 11.1. The summed E-state index contributed by atoms with van der Waals surface area (Å²) >= 11 is 8.98. The summed E-state index contributed by atoms with van der Waals surface area (Å²) < 4.78 is 27.3. The summed E-state index contributed by atoms with van der Waals surface area (Å²) in [5.41, 5.74) is -0.0388. The van der Waals surface area contributed by atoms with E-state index in [0.717, 1.165) is 6.07 Å². The number of aromatic nitrogens is 1. The number of aromatic carboxylic acids is 1. The largest absolute Gasteiger partial charge is 0.478 e. The summed E-state index contributed by atoms with van der Waals surface area (Å²) in [4.78, 5) is 14.5. The molecule has 2 N–H and O–H groups in total. The zero-order valence-corrected chi connectivity index (χ0v) is 13.4. The van der Waals surface area contributed by atoms with Crippen LogP contribution in [0.1, 0.15) is 10.4 Å². The van der Waals surface area contributed by atoms with Crippen LogP contribution in [0, 0.1) is 0 Å². The van der Waals surface area contributed by atoms with Crippen LogP contribution < -0.4 is 4.72 Å². The maximum Gasteiger partial charge on any atom is 0.335 e. The number of benzene rings is 1. The van der Waals surface area contributed by atoms with Gasteiger partial charge in [-0.2, -0.15) is 0 Å². The lowest BCUT2D eigenvalue weighted by atomic mass is 10.2. The number of nitrogens with one attached hydrogen (secondary N) is 1. The summed E-state index contributed by atoms with van der Waals surface area (Å²) in [6.45, 7) is 0. The molecular formula is C12H8BrClN2O4S. The van der Waals surface area contributed by atoms with E-state index in [1.165, 1.54) is 30.5 Å². The molecule has 0 bridgehead atoms. The molecular weight excluding hydrogens is 384 g/mol. The Labute approximate surface area is 134 Å². The minimum Gasteiger partial charge on any atom is -0.478 e. The quantitative estimate of drug-likeness (QED) is 0.781. The van der Waals surface area contributed by atoms with Crippen molar-refractivity contribution >= 4 is 49.2 Å². The summed E-state index contributed by atoms with van der Waals surface area (Å²) in [7, 11) is -3.97. The summed E-state index contributed by atoms with van der Waals surface area (Å²) in [5, 5.41) is 8.88. The Morgan fingerprint density at radius 2 is 2.05 bits per heavy atom. The molecule has 0 unspecified atom stereocenters. The first-order valence-corrected chi connectivity index (χ1v) is 8.12. The lowest BCUT2D eigenvalue weighted by Crippen LogP contribution is -2.14. The summed E-state index contributed by atoms with van der Waals surface area (Å²) in [5.74, 6) is -1.21. The van der Waals surface area contributed by atoms with Crippen LogP contribution in [0.4, 0.5) is 5.69 Å². The highest BCUT2D eigenvalue weighted by molar-refractivity contribution is 9.10. The highest BCUT2D eigenvalue weighted by atomic mass is 79.9. The van der Waals surface area contributed by atoms with Gasteiger partial charge in [-0.1, -0.05) is 17.7 Å². The van der Waals surface area contributed by atoms with Crippen LogP contribution in [0.5, 0.6) is 0 Å². The van der Waals surface area contributed by atoms with Crippen LogP contribution in [0.15, 0.2) is 45.9 Å². The first kappa shape index (κ1) is 15.7. The fourth-order valence-electron chi connectivity index (χ4n) is 1.49. The molecule has 9 heteroatoms. The monoisotopic (exact) mass is 390 g/mol. The molecule has 0 aliphatic heterocycles. The van der Waals surface area contributed by atoms with Gasteiger partial charge in [-0.15, -0.1) is 0 Å². The second-order valence-corrected chi connectivity index (χ2v) is 6.89. The van der Waals surface area contributed by atoms with E-state index in [9.17, 15) is 13.2 Å². The smallest absolute Gasteiger partial charge is 0.335 e. The predicted molar refractivity (Wildman–Crippen MR) is 81.2 cm³/mol. The van der Waals surface area contributed by atoms with Crippen molar-refractivity contribution in [1.82, 2.24) is 4.98 Å². The van der Waals surface area contributed by atoms with E-state index in [0.29, 0.717) is 4.47 Å². The molecule has 21 heavy (non-hydrogen) atoms. The number of sulfonamides is 1. The summed E-state index contributed by atoms with van der Waals surface area (Å²) in [6.07, 6.45) is 1.42. The van der Waals surface area contributed by atoms with Crippen molar-refractivity contribution in [3.63, 3.8) is 0 Å². The van der Waals surface area contributed by atoms with Gasteiger partial charge in [0, 0.05) is 10.7 Å². The second kappa shape index (κ2) is 6.00. The Balaban J connectivity index is 2.41. The molecule has 0 radical (unpaired) electrons. The third kappa shape index (κ3) is 3.72. The molecule has 1 aromatic carbocycles. The molecule has 0 aliphatic carbocycles. The van der Waals surface area contributed by atoms with Gasteiger partial charge in [0.2, 0.25) is 0 Å². The van der Waals surface area contributed by atoms with E-state index in [2.05, 4.69) is 25.6 Å². The minimum atomic E-state index is -3.97. The highest BCUT2D eigenvalue weighted by Crippen LogP contribution is 2.25. The van der Waals surface area contributed by atoms with Gasteiger partial charge in [0.15, 0.2) is 5.15 Å². The van der Waals surface area contributed by atoms with E-state index < -0.39 is 16.0 Å². The van der Waals surface area contributed by atoms with Crippen molar-refractivity contribution in [3.05, 3.63) is 51.7 Å². The second-order valence-electron chi connectivity index (χ2n) is 3.93. The van der Waals surface area contributed by atoms with E-state index in [1.54, 1.807) is 0 Å². The average molecular weight is 392 g/mol. The van der Waals surface area contributed by atoms with Gasteiger partial charge >= 0.3 is 5.97 Å². The number of carbonyl (C=O) groups is 1. The van der Waals surface area contributed by atoms with Crippen LogP contribution in [0.3, 0.4) is 0 Å². The van der Waals surface area contributed by atoms with E-state index in [-0.39, 0.29) is 21.3 Å². The molecule has 0 fully saturated rings. The van der Waals surface area contributed by atoms with Gasteiger partial charge in [0.1, 0.15) is 0 Å². The maximum absolute atomic E-state index is 12.2. The van der Waals surface area contributed by atoms with Crippen LogP contribution in [-0.2, 0) is 10.0 Å². The molecule has 0 saturated heterocycles. The van der Waals surface area contributed by atoms with E-state index >= 15 is 0 Å². The van der Waals surface area contributed by atoms with Crippen LogP contribution in [-0.4, -0.2) is 24.5 Å². The number of carboxylic acids is 1. The Morgan fingerprint density at radius 3 is 2.71 bits per heavy atom. The number of anilines is 1. The fourth-order valence-corrected chi connectivity index (χ4v) is 3.13. The predicted octanol–water partition coefficient (Wildman–Crippen LogP) is 3.00. The van der Waals surface area contributed by atoms with Gasteiger partial charge in [0.25, 0.3) is 10.0 Å². The minimum absolute atomic E-state index is 0.0174. The standard InChI is InChI=1S/C12H8BrClN2O4S/c13-8-5-10(11(14)15-6-8)16-21(19,20)9-3-1-2-7(4-9)12(17)18/h1-6,16H,(H,17,18). The van der Waals surface area contributed by atoms with Gasteiger partial charge in [0.05, 0.1) is 16.1 Å². The Morgan fingerprint density at radius 1 is 1.33 bits per heavy atom. The first-order valence-electron chi connectivity index (χ1n) is 5.47. The van der Waals surface area contributed by atoms with Gasteiger partial charge in [-0.25, -0.2) is 18.2 Å². The van der Waals surface area contributed by atoms with Crippen molar-refractivity contribution in [2.75, 3.05) is 4.72 Å². The molecule has 0 aliphatic rings. The van der Waals surface area contributed by atoms with Crippen molar-refractivity contribution in [2.24, 2.45) is 0 Å². The molecule has 2 rings (SSSR count). The Bertz CT molecular complexity index is 811. The van der Waals surface area contributed by atoms with Gasteiger partial charge in [-0.3, -0.25) is 4.72 Å². The van der Waals surface area contributed by atoms with Crippen LogP contribution in [0.2, 0.25) is 5.15 Å². The molecule has 1 aromatic heterocycles. The molecule has 0 amide bonds. The number of rotatable bonds is 4. The number of hydrogen-bond acceptors (Lipinski definition) is 4. The number of hydrogen-bond donors (Lipinski definition) is 2. The van der Waals surface area contributed by atoms with Crippen molar-refractivity contribution in [1.29, 1.82) is 0 Å². The lowest BCUT2D eigenvalue weighted by molar-refractivity contribution is 0.0696. The number of nitrogens with zero attached hydrogens (tertiary/aromatic N) is 1. The molecule has 0 saturated carbocycles. The highest BCUT2D eigenvalue weighted by Gasteiger charge is 2.18. The molecule has 0 spiro atoms. The molecule has 1 heterocycles. The lowest BCUT2D eigenvalue weighted by Gasteiger charge is -2.10. The van der Waals surface area contributed by atoms with Gasteiger partial charge in [-0.05, 0) is 40.2 Å². The molecule has 110 valence electrons. The molecule has 2 aromatic rings. The van der Waals surface area contributed by atoms with Crippen molar-refractivity contribution < 1.29 is 18.3 Å². The molecule has 0 atom stereocenters. The Hall–Kier alpha value is -1.64. The third-order valence-corrected chi connectivity index (χ3v) is 4.54. The average Bonchev–Trinajstić information content (AvgIpc) is 2.43. The van der Waals surface area contributed by atoms with Crippen LogP contribution >= 0.6 is 27.5 Å². The number of halogens is 2. The zero-order chi connectivity index (χ0) is 15.6. The van der Waals surface area contributed by atoms with Crippen LogP contribution in [0.25, 0.3) is 0 Å². The van der Waals surface area contributed by atoms with E-state index in [4.69, 9.17) is 16.7 Å². The SMILES string of the molecule is O=C(O)c1cccc(S(=O)(=O)Nc2cc(Br)cnc2Cl)c1. The summed E-state index contributed by atoms with van der Waals surface area (Å²) in [6, 6.07) is 6.44. The molecule has 6 nitrogen and oxygen atoms in total. The number of pyridine rings is 1. The zero-order valence-electron chi connectivity index (χ0n) is 10.2. The first-order chi connectivity index (χ1) is 9.79. The third-order valence-electron chi connectivity index (χ3n) is 2.44. The van der Waals surface area contributed by atoms with Crippen molar-refractivity contribution in [3.8, 4) is 0 Å². The van der Waals surface area contributed by atoms with Gasteiger partial charge < -0.3 is 5.11 Å². The maximum atomic E-state index is 12.2. The topological polar surface area (TPSA) is 96.4 Å². The Kier molecular flexibility index (Phi) is 4.50.